The molecule has 0 saturated heterocycles. The van der Waals surface area contributed by atoms with E-state index in [0.29, 0.717) is 22.7 Å². The molecule has 0 saturated carbocycles. The smallest absolute Gasteiger partial charge is 0.316 e. The Kier molecular flexibility index (Phi) is 8.04. The third kappa shape index (κ3) is 6.34. The summed E-state index contributed by atoms with van der Waals surface area (Å²) in [4.78, 5) is 45.7. The maximum Gasteiger partial charge on any atom is 0.316 e. The van der Waals surface area contributed by atoms with E-state index in [1.165, 1.54) is 0 Å². The number of primary amides is 4. The maximum absolute atomic E-state index is 11.4. The summed E-state index contributed by atoms with van der Waals surface area (Å²) >= 11 is 0. The predicted molar refractivity (Wildman–Crippen MR) is 158 cm³/mol. The van der Waals surface area contributed by atoms with E-state index in [9.17, 15) is 19.2 Å². The molecule has 12 heteroatoms. The average molecular weight is 553 g/mol. The van der Waals surface area contributed by atoms with Crippen LogP contribution in [0.5, 0.6) is 0 Å². The van der Waals surface area contributed by atoms with E-state index in [1.807, 2.05) is 48.5 Å². The fraction of sp³-hybridized carbons (Fsp3) is 0.0345. The zero-order valence-corrected chi connectivity index (χ0v) is 21.7. The SMILES string of the molecule is NC(=O)Nc1ccc(C(c2ccc(NC(N)=O)cc2)(c2ccc(NC(N)=O)cc2)c2ccc(NC(N)=O)cc2)cc1. The monoisotopic (exact) mass is 552 g/mol. The number of rotatable bonds is 8. The van der Waals surface area contributed by atoms with Crippen molar-refractivity contribution in [3.63, 3.8) is 0 Å². The van der Waals surface area contributed by atoms with E-state index < -0.39 is 29.5 Å². The van der Waals surface area contributed by atoms with Crippen LogP contribution in [0.15, 0.2) is 97.1 Å². The number of urea groups is 4. The third-order valence-corrected chi connectivity index (χ3v) is 6.34. The molecule has 0 aliphatic rings. The summed E-state index contributed by atoms with van der Waals surface area (Å²) in [5.41, 5.74) is 25.4. The molecule has 0 atom stereocenters. The minimum atomic E-state index is -0.979. The zero-order valence-electron chi connectivity index (χ0n) is 21.7. The van der Waals surface area contributed by atoms with Gasteiger partial charge in [0.15, 0.2) is 0 Å². The van der Waals surface area contributed by atoms with Crippen LogP contribution in [0, 0.1) is 0 Å². The highest BCUT2D eigenvalue weighted by Gasteiger charge is 2.38. The second-order valence-corrected chi connectivity index (χ2v) is 9.02. The van der Waals surface area contributed by atoms with Crippen LogP contribution in [-0.4, -0.2) is 24.1 Å². The van der Waals surface area contributed by atoms with Gasteiger partial charge in [-0.15, -0.1) is 0 Å². The Morgan fingerprint density at radius 3 is 0.683 bits per heavy atom. The van der Waals surface area contributed by atoms with Crippen molar-refractivity contribution < 1.29 is 19.2 Å². The van der Waals surface area contributed by atoms with Crippen LogP contribution in [0.3, 0.4) is 0 Å². The van der Waals surface area contributed by atoms with E-state index in [-0.39, 0.29) is 0 Å². The maximum atomic E-state index is 11.4. The van der Waals surface area contributed by atoms with Gasteiger partial charge < -0.3 is 44.2 Å². The molecule has 0 fully saturated rings. The molecule has 8 amide bonds. The van der Waals surface area contributed by atoms with Crippen LogP contribution >= 0.6 is 0 Å². The lowest BCUT2D eigenvalue weighted by atomic mass is 9.65. The summed E-state index contributed by atoms with van der Waals surface area (Å²) in [6.07, 6.45) is 0. The molecule has 0 radical (unpaired) electrons. The summed E-state index contributed by atoms with van der Waals surface area (Å²) < 4.78 is 0. The minimum Gasteiger partial charge on any atom is -0.351 e. The number of nitrogens with two attached hydrogens (primary N) is 4. The number of carbonyl (C=O) groups excluding carboxylic acids is 4. The first-order valence-corrected chi connectivity index (χ1v) is 12.3. The van der Waals surface area contributed by atoms with Crippen LogP contribution in [-0.2, 0) is 5.41 Å². The Morgan fingerprint density at radius 2 is 0.537 bits per heavy atom. The zero-order chi connectivity index (χ0) is 29.6. The summed E-state index contributed by atoms with van der Waals surface area (Å²) in [7, 11) is 0. The molecule has 208 valence electrons. The van der Waals surface area contributed by atoms with Crippen molar-refractivity contribution in [3.05, 3.63) is 119 Å². The number of benzene rings is 4. The first kappa shape index (κ1) is 28.0. The van der Waals surface area contributed by atoms with E-state index >= 15 is 0 Å². The lowest BCUT2D eigenvalue weighted by Gasteiger charge is -2.37. The molecule has 4 aromatic rings. The third-order valence-electron chi connectivity index (χ3n) is 6.34. The van der Waals surface area contributed by atoms with E-state index in [1.54, 1.807) is 48.5 Å². The molecule has 4 rings (SSSR count). The van der Waals surface area contributed by atoms with Crippen LogP contribution in [0.1, 0.15) is 22.3 Å². The highest BCUT2D eigenvalue weighted by atomic mass is 16.2. The number of carbonyl (C=O) groups is 4. The number of amides is 8. The van der Waals surface area contributed by atoms with Crippen molar-refractivity contribution in [1.29, 1.82) is 0 Å². The van der Waals surface area contributed by atoms with Crippen LogP contribution in [0.25, 0.3) is 0 Å². The number of hydrogen-bond acceptors (Lipinski definition) is 4. The number of anilines is 4. The van der Waals surface area contributed by atoms with Gasteiger partial charge >= 0.3 is 24.1 Å². The Bertz CT molecular complexity index is 1330. The lowest BCUT2D eigenvalue weighted by molar-refractivity contribution is 0.258. The molecule has 0 aromatic heterocycles. The first-order valence-electron chi connectivity index (χ1n) is 12.3. The predicted octanol–water partition coefficient (Wildman–Crippen LogP) is 4.03. The molecule has 0 spiro atoms. The van der Waals surface area contributed by atoms with Crippen molar-refractivity contribution >= 4 is 46.9 Å². The van der Waals surface area contributed by atoms with E-state index in [2.05, 4.69) is 21.3 Å². The van der Waals surface area contributed by atoms with Gasteiger partial charge in [-0.2, -0.15) is 0 Å². The standard InChI is InChI=1S/C29H28N8O4/c30-25(38)34-21-9-1-17(2-10-21)29(18-3-11-22(12-4-18)35-26(31)39,19-5-13-23(14-6-19)36-27(32)40)20-7-15-24(16-8-20)37-28(33)41/h1-16H,(H3,30,34,38)(H3,31,35,39)(H3,32,36,40)(H3,33,37,41). The van der Waals surface area contributed by atoms with Crippen molar-refractivity contribution in [3.8, 4) is 0 Å². The molecular formula is C29H28N8O4. The first-order chi connectivity index (χ1) is 19.6. The molecular weight excluding hydrogens is 524 g/mol. The fourth-order valence-electron chi connectivity index (χ4n) is 4.78. The molecule has 0 bridgehead atoms. The van der Waals surface area contributed by atoms with Gasteiger partial charge in [0.05, 0.1) is 5.41 Å². The second-order valence-electron chi connectivity index (χ2n) is 9.02. The molecule has 12 nitrogen and oxygen atoms in total. The Hall–Kier alpha value is -6.04. The minimum absolute atomic E-state index is 0.498. The van der Waals surface area contributed by atoms with Crippen molar-refractivity contribution in [2.75, 3.05) is 21.3 Å². The van der Waals surface area contributed by atoms with Gasteiger partial charge in [-0.3, -0.25) is 0 Å². The highest BCUT2D eigenvalue weighted by Crippen LogP contribution is 2.46. The van der Waals surface area contributed by atoms with Crippen molar-refractivity contribution in [2.45, 2.75) is 5.41 Å². The average Bonchev–Trinajstić information content (AvgIpc) is 2.91. The topological polar surface area (TPSA) is 220 Å². The quantitative estimate of drug-likeness (QED) is 0.152. The fourth-order valence-corrected chi connectivity index (χ4v) is 4.78. The molecule has 0 aliphatic heterocycles. The highest BCUT2D eigenvalue weighted by molar-refractivity contribution is 5.89. The molecule has 4 aromatic carbocycles. The van der Waals surface area contributed by atoms with Crippen LogP contribution < -0.4 is 44.2 Å². The normalized spacial score (nSPS) is 10.7. The van der Waals surface area contributed by atoms with Gasteiger partial charge in [0.25, 0.3) is 0 Å². The Labute approximate surface area is 235 Å². The number of hydrogen-bond donors (Lipinski definition) is 8. The van der Waals surface area contributed by atoms with Gasteiger partial charge in [0.2, 0.25) is 0 Å². The summed E-state index contributed by atoms with van der Waals surface area (Å²) in [5, 5.41) is 10.2. The largest absolute Gasteiger partial charge is 0.351 e. The molecule has 0 unspecified atom stereocenters. The molecule has 0 aliphatic carbocycles. The summed E-state index contributed by atoms with van der Waals surface area (Å²) in [6, 6.07) is 25.8. The summed E-state index contributed by atoms with van der Waals surface area (Å²) in [6.45, 7) is 0. The number of nitrogens with one attached hydrogen (secondary N) is 4. The van der Waals surface area contributed by atoms with Gasteiger partial charge in [0, 0.05) is 22.7 Å². The lowest BCUT2D eigenvalue weighted by Crippen LogP contribution is -2.31. The molecule has 41 heavy (non-hydrogen) atoms. The van der Waals surface area contributed by atoms with Crippen molar-refractivity contribution in [2.24, 2.45) is 22.9 Å². The molecule has 0 heterocycles. The van der Waals surface area contributed by atoms with Gasteiger partial charge in [-0.25, -0.2) is 19.2 Å². The van der Waals surface area contributed by atoms with Crippen LogP contribution in [0.2, 0.25) is 0 Å². The Morgan fingerprint density at radius 1 is 0.366 bits per heavy atom. The van der Waals surface area contributed by atoms with Crippen molar-refractivity contribution in [1.82, 2.24) is 0 Å². The van der Waals surface area contributed by atoms with Gasteiger partial charge in [-0.1, -0.05) is 48.5 Å². The van der Waals surface area contributed by atoms with E-state index in [4.69, 9.17) is 22.9 Å². The van der Waals surface area contributed by atoms with Crippen LogP contribution in [0.4, 0.5) is 41.9 Å². The van der Waals surface area contributed by atoms with Gasteiger partial charge in [0.1, 0.15) is 0 Å². The van der Waals surface area contributed by atoms with E-state index in [0.717, 1.165) is 22.3 Å². The van der Waals surface area contributed by atoms with Gasteiger partial charge in [-0.05, 0) is 70.8 Å². The Balaban J connectivity index is 1.99. The second kappa shape index (κ2) is 11.8. The summed E-state index contributed by atoms with van der Waals surface area (Å²) in [5.74, 6) is 0. The molecule has 12 N–H and O–H groups in total.